The van der Waals surface area contributed by atoms with Gasteiger partial charge >= 0.3 is 0 Å². The number of rotatable bonds is 5. The summed E-state index contributed by atoms with van der Waals surface area (Å²) >= 11 is 0. The average molecular weight is 258 g/mol. The molecular formula is C17H26N2. The number of hydrogen-bond acceptors (Lipinski definition) is 2. The first-order valence-electron chi connectivity index (χ1n) is 6.97. The van der Waals surface area contributed by atoms with Crippen molar-refractivity contribution in [1.82, 2.24) is 5.32 Å². The molecule has 0 bridgehead atoms. The molecule has 0 saturated carbocycles. The van der Waals surface area contributed by atoms with Gasteiger partial charge in [0.05, 0.1) is 11.5 Å². The monoisotopic (exact) mass is 258 g/mol. The van der Waals surface area contributed by atoms with E-state index in [4.69, 9.17) is 5.26 Å². The van der Waals surface area contributed by atoms with E-state index in [1.807, 2.05) is 13.8 Å². The van der Waals surface area contributed by atoms with Crippen molar-refractivity contribution < 1.29 is 0 Å². The maximum atomic E-state index is 8.98. The van der Waals surface area contributed by atoms with Crippen LogP contribution >= 0.6 is 0 Å². The van der Waals surface area contributed by atoms with Crippen molar-refractivity contribution in [1.29, 1.82) is 5.26 Å². The number of aryl methyl sites for hydroxylation is 2. The minimum Gasteiger partial charge on any atom is -0.315 e. The zero-order valence-corrected chi connectivity index (χ0v) is 13.1. The maximum absolute atomic E-state index is 8.98. The summed E-state index contributed by atoms with van der Waals surface area (Å²) in [5.41, 5.74) is 6.73. The highest BCUT2D eigenvalue weighted by Gasteiger charge is 2.15. The minimum absolute atomic E-state index is 0.285. The second kappa shape index (κ2) is 6.21. The van der Waals surface area contributed by atoms with Gasteiger partial charge in [0, 0.05) is 6.54 Å². The second-order valence-corrected chi connectivity index (χ2v) is 6.16. The molecule has 0 unspecified atom stereocenters. The van der Waals surface area contributed by atoms with Crippen molar-refractivity contribution in [2.24, 2.45) is 5.41 Å². The molecular weight excluding hydrogens is 232 g/mol. The van der Waals surface area contributed by atoms with Crippen LogP contribution in [0, 0.1) is 44.4 Å². The molecule has 0 aromatic heterocycles. The van der Waals surface area contributed by atoms with Crippen LogP contribution in [0.4, 0.5) is 0 Å². The molecule has 0 atom stereocenters. The standard InChI is InChI=1S/C17H26N2/c1-12-9-13(2)15(4)16(14(12)3)7-8-19-11-17(5,6)10-18/h9,19H,7-8,11H2,1-6H3. The van der Waals surface area contributed by atoms with E-state index in [9.17, 15) is 0 Å². The van der Waals surface area contributed by atoms with Crippen molar-refractivity contribution in [3.05, 3.63) is 33.9 Å². The van der Waals surface area contributed by atoms with Crippen LogP contribution < -0.4 is 5.32 Å². The van der Waals surface area contributed by atoms with E-state index in [1.165, 1.54) is 27.8 Å². The Morgan fingerprint density at radius 2 is 1.63 bits per heavy atom. The Hall–Kier alpha value is -1.33. The quantitative estimate of drug-likeness (QED) is 0.819. The van der Waals surface area contributed by atoms with Crippen LogP contribution in [0.25, 0.3) is 0 Å². The van der Waals surface area contributed by atoms with Crippen LogP contribution in [0.2, 0.25) is 0 Å². The fourth-order valence-corrected chi connectivity index (χ4v) is 2.33. The number of nitriles is 1. The maximum Gasteiger partial charge on any atom is 0.0697 e. The molecule has 1 rings (SSSR count). The molecule has 0 amide bonds. The predicted octanol–water partition coefficient (Wildman–Crippen LogP) is 3.60. The molecule has 0 aliphatic rings. The molecule has 104 valence electrons. The van der Waals surface area contributed by atoms with Crippen molar-refractivity contribution >= 4 is 0 Å². The van der Waals surface area contributed by atoms with Crippen molar-refractivity contribution in [2.75, 3.05) is 13.1 Å². The third-order valence-corrected chi connectivity index (χ3v) is 3.94. The van der Waals surface area contributed by atoms with Crippen LogP contribution in [0.1, 0.15) is 41.7 Å². The van der Waals surface area contributed by atoms with Gasteiger partial charge in [-0.1, -0.05) is 6.07 Å². The molecule has 0 saturated heterocycles. The lowest BCUT2D eigenvalue weighted by Crippen LogP contribution is -2.29. The third-order valence-electron chi connectivity index (χ3n) is 3.94. The van der Waals surface area contributed by atoms with Gasteiger partial charge in [-0.2, -0.15) is 5.26 Å². The number of nitrogens with zero attached hydrogens (tertiary/aromatic N) is 1. The summed E-state index contributed by atoms with van der Waals surface area (Å²) in [6.45, 7) is 14.4. The lowest BCUT2D eigenvalue weighted by Gasteiger charge is -2.18. The Bertz CT molecular complexity index is 467. The lowest BCUT2D eigenvalue weighted by molar-refractivity contribution is 0.447. The molecule has 19 heavy (non-hydrogen) atoms. The van der Waals surface area contributed by atoms with Crippen molar-refractivity contribution in [2.45, 2.75) is 48.0 Å². The number of benzene rings is 1. The Labute approximate surface area is 117 Å². The van der Waals surface area contributed by atoms with Gasteiger partial charge in [0.15, 0.2) is 0 Å². The van der Waals surface area contributed by atoms with Crippen LogP contribution in [0.15, 0.2) is 6.07 Å². The molecule has 0 aliphatic heterocycles. The predicted molar refractivity (Wildman–Crippen MR) is 81.4 cm³/mol. The van der Waals surface area contributed by atoms with Gasteiger partial charge in [0.1, 0.15) is 0 Å². The van der Waals surface area contributed by atoms with Crippen LogP contribution in [-0.4, -0.2) is 13.1 Å². The Balaban J connectivity index is 2.67. The molecule has 0 fully saturated rings. The van der Waals surface area contributed by atoms with Gasteiger partial charge in [-0.05, 0) is 82.3 Å². The van der Waals surface area contributed by atoms with Crippen LogP contribution in [0.5, 0.6) is 0 Å². The first kappa shape index (κ1) is 15.7. The zero-order valence-electron chi connectivity index (χ0n) is 13.1. The highest BCUT2D eigenvalue weighted by atomic mass is 14.9. The summed E-state index contributed by atoms with van der Waals surface area (Å²) in [5, 5.41) is 12.4. The van der Waals surface area contributed by atoms with E-state index in [1.54, 1.807) is 0 Å². The third kappa shape index (κ3) is 4.08. The molecule has 0 radical (unpaired) electrons. The fourth-order valence-electron chi connectivity index (χ4n) is 2.33. The van der Waals surface area contributed by atoms with E-state index in [-0.39, 0.29) is 5.41 Å². The van der Waals surface area contributed by atoms with Gasteiger partial charge in [0.25, 0.3) is 0 Å². The first-order chi connectivity index (χ1) is 8.78. The highest BCUT2D eigenvalue weighted by molar-refractivity contribution is 5.44. The van der Waals surface area contributed by atoms with Gasteiger partial charge in [0.2, 0.25) is 0 Å². The van der Waals surface area contributed by atoms with Gasteiger partial charge in [-0.25, -0.2) is 0 Å². The molecule has 0 aliphatic carbocycles. The van der Waals surface area contributed by atoms with Crippen LogP contribution in [0.3, 0.4) is 0 Å². The van der Waals surface area contributed by atoms with E-state index in [0.717, 1.165) is 19.5 Å². The molecule has 2 nitrogen and oxygen atoms in total. The summed E-state index contributed by atoms with van der Waals surface area (Å²) < 4.78 is 0. The molecule has 0 spiro atoms. The largest absolute Gasteiger partial charge is 0.315 e. The van der Waals surface area contributed by atoms with Crippen molar-refractivity contribution in [3.8, 4) is 6.07 Å². The fraction of sp³-hybridized carbons (Fsp3) is 0.588. The van der Waals surface area contributed by atoms with E-state index in [0.29, 0.717) is 0 Å². The van der Waals surface area contributed by atoms with E-state index in [2.05, 4.69) is 45.1 Å². The summed E-state index contributed by atoms with van der Waals surface area (Å²) in [6, 6.07) is 4.58. The summed E-state index contributed by atoms with van der Waals surface area (Å²) in [5.74, 6) is 0. The molecule has 1 aromatic rings. The van der Waals surface area contributed by atoms with E-state index >= 15 is 0 Å². The normalized spacial score (nSPS) is 11.4. The molecule has 1 N–H and O–H groups in total. The number of nitrogens with one attached hydrogen (secondary N) is 1. The molecule has 0 heterocycles. The van der Waals surface area contributed by atoms with Gasteiger partial charge in [-0.3, -0.25) is 0 Å². The highest BCUT2D eigenvalue weighted by Crippen LogP contribution is 2.21. The number of hydrogen-bond donors (Lipinski definition) is 1. The van der Waals surface area contributed by atoms with Gasteiger partial charge < -0.3 is 5.32 Å². The Kier molecular flexibility index (Phi) is 5.14. The molecule has 1 aromatic carbocycles. The minimum atomic E-state index is -0.285. The smallest absolute Gasteiger partial charge is 0.0697 e. The topological polar surface area (TPSA) is 35.8 Å². The molecule has 2 heteroatoms. The first-order valence-corrected chi connectivity index (χ1v) is 6.97. The lowest BCUT2D eigenvalue weighted by atomic mass is 9.92. The summed E-state index contributed by atoms with van der Waals surface area (Å²) in [6.07, 6.45) is 1.03. The van der Waals surface area contributed by atoms with Gasteiger partial charge in [-0.15, -0.1) is 0 Å². The average Bonchev–Trinajstić information content (AvgIpc) is 2.35. The zero-order chi connectivity index (χ0) is 14.6. The van der Waals surface area contributed by atoms with Crippen molar-refractivity contribution in [3.63, 3.8) is 0 Å². The van der Waals surface area contributed by atoms with E-state index < -0.39 is 0 Å². The summed E-state index contributed by atoms with van der Waals surface area (Å²) in [4.78, 5) is 0. The summed E-state index contributed by atoms with van der Waals surface area (Å²) in [7, 11) is 0. The van der Waals surface area contributed by atoms with Crippen LogP contribution in [-0.2, 0) is 6.42 Å². The second-order valence-electron chi connectivity index (χ2n) is 6.16. The Morgan fingerprint density at radius 1 is 1.11 bits per heavy atom. The Morgan fingerprint density at radius 3 is 2.11 bits per heavy atom. The SMILES string of the molecule is Cc1cc(C)c(C)c(CCNCC(C)(C)C#N)c1C.